The molecule has 94 valence electrons. The molecule has 1 heterocycles. The molecule has 1 saturated carbocycles. The SMILES string of the molecule is CN(CC1(O)CCCC1)c1ncnc(N)c1Cl. The van der Waals surface area contributed by atoms with Gasteiger partial charge in [0.2, 0.25) is 0 Å². The lowest BCUT2D eigenvalue weighted by Gasteiger charge is -2.29. The zero-order valence-corrected chi connectivity index (χ0v) is 10.6. The molecule has 5 nitrogen and oxygen atoms in total. The molecule has 0 aromatic carbocycles. The fourth-order valence-corrected chi connectivity index (χ4v) is 2.59. The molecule has 1 fully saturated rings. The lowest BCUT2D eigenvalue weighted by Crippen LogP contribution is -2.39. The summed E-state index contributed by atoms with van der Waals surface area (Å²) >= 11 is 6.05. The van der Waals surface area contributed by atoms with Crippen molar-refractivity contribution in [1.82, 2.24) is 9.97 Å². The molecule has 0 saturated heterocycles. The van der Waals surface area contributed by atoms with Crippen LogP contribution in [-0.4, -0.2) is 34.3 Å². The minimum atomic E-state index is -0.627. The van der Waals surface area contributed by atoms with Gasteiger partial charge in [0, 0.05) is 13.6 Å². The number of anilines is 2. The summed E-state index contributed by atoms with van der Waals surface area (Å²) in [5, 5.41) is 10.7. The predicted octanol–water partition coefficient (Wildman–Crippen LogP) is 1.45. The van der Waals surface area contributed by atoms with Gasteiger partial charge in [-0.25, -0.2) is 9.97 Å². The maximum atomic E-state index is 10.3. The molecule has 3 N–H and O–H groups in total. The summed E-state index contributed by atoms with van der Waals surface area (Å²) < 4.78 is 0. The maximum Gasteiger partial charge on any atom is 0.152 e. The number of likely N-dealkylation sites (N-methyl/N-ethyl adjacent to an activating group) is 1. The Bertz CT molecular complexity index is 406. The van der Waals surface area contributed by atoms with Crippen LogP contribution in [-0.2, 0) is 0 Å². The van der Waals surface area contributed by atoms with Gasteiger partial charge in [-0.3, -0.25) is 0 Å². The van der Waals surface area contributed by atoms with Gasteiger partial charge in [0.05, 0.1) is 5.60 Å². The van der Waals surface area contributed by atoms with Crippen molar-refractivity contribution in [2.24, 2.45) is 0 Å². The van der Waals surface area contributed by atoms with E-state index in [4.69, 9.17) is 17.3 Å². The van der Waals surface area contributed by atoms with Crippen molar-refractivity contribution in [2.75, 3.05) is 24.2 Å². The third-order valence-corrected chi connectivity index (χ3v) is 3.59. The van der Waals surface area contributed by atoms with Crippen LogP contribution in [0, 0.1) is 0 Å². The normalized spacial score (nSPS) is 18.3. The number of rotatable bonds is 3. The molecule has 0 bridgehead atoms. The molecule has 0 aliphatic heterocycles. The first-order chi connectivity index (χ1) is 8.02. The van der Waals surface area contributed by atoms with Crippen LogP contribution in [0.1, 0.15) is 25.7 Å². The third-order valence-electron chi connectivity index (χ3n) is 3.23. The topological polar surface area (TPSA) is 75.3 Å². The summed E-state index contributed by atoms with van der Waals surface area (Å²) in [6, 6.07) is 0. The molecular formula is C11H17ClN4O. The van der Waals surface area contributed by atoms with Gasteiger partial charge in [-0.15, -0.1) is 0 Å². The highest BCUT2D eigenvalue weighted by Gasteiger charge is 2.33. The number of nitrogens with two attached hydrogens (primary N) is 1. The number of nitrogens with zero attached hydrogens (tertiary/aromatic N) is 3. The van der Waals surface area contributed by atoms with Crippen molar-refractivity contribution < 1.29 is 5.11 Å². The smallest absolute Gasteiger partial charge is 0.152 e. The average Bonchev–Trinajstić information content (AvgIpc) is 2.68. The van der Waals surface area contributed by atoms with Crippen LogP contribution < -0.4 is 10.6 Å². The van der Waals surface area contributed by atoms with Gasteiger partial charge in [-0.2, -0.15) is 0 Å². The highest BCUT2D eigenvalue weighted by atomic mass is 35.5. The lowest BCUT2D eigenvalue weighted by atomic mass is 10.0. The first kappa shape index (κ1) is 12.4. The Hall–Kier alpha value is -1.07. The van der Waals surface area contributed by atoms with Crippen LogP contribution >= 0.6 is 11.6 Å². The molecule has 1 aliphatic rings. The Kier molecular flexibility index (Phi) is 3.40. The molecule has 17 heavy (non-hydrogen) atoms. The molecular weight excluding hydrogens is 240 g/mol. The quantitative estimate of drug-likeness (QED) is 0.856. The molecule has 0 amide bonds. The van der Waals surface area contributed by atoms with Crippen LogP contribution in [0.3, 0.4) is 0 Å². The summed E-state index contributed by atoms with van der Waals surface area (Å²) in [5.41, 5.74) is 5.00. The Morgan fingerprint density at radius 2 is 2.12 bits per heavy atom. The molecule has 1 aliphatic carbocycles. The van der Waals surface area contributed by atoms with Crippen molar-refractivity contribution in [3.8, 4) is 0 Å². The van der Waals surface area contributed by atoms with Crippen LogP contribution in [0.5, 0.6) is 0 Å². The zero-order valence-electron chi connectivity index (χ0n) is 9.86. The largest absolute Gasteiger partial charge is 0.388 e. The molecule has 1 aromatic rings. The summed E-state index contributed by atoms with van der Waals surface area (Å²) in [5.74, 6) is 0.835. The first-order valence-electron chi connectivity index (χ1n) is 5.71. The minimum Gasteiger partial charge on any atom is -0.388 e. The van der Waals surface area contributed by atoms with Crippen LogP contribution in [0.25, 0.3) is 0 Å². The Balaban J connectivity index is 2.14. The van der Waals surface area contributed by atoms with Crippen molar-refractivity contribution in [3.05, 3.63) is 11.3 Å². The van der Waals surface area contributed by atoms with E-state index in [2.05, 4.69) is 9.97 Å². The first-order valence-corrected chi connectivity index (χ1v) is 6.09. The van der Waals surface area contributed by atoms with Crippen molar-refractivity contribution in [3.63, 3.8) is 0 Å². The Morgan fingerprint density at radius 1 is 1.47 bits per heavy atom. The van der Waals surface area contributed by atoms with Gasteiger partial charge >= 0.3 is 0 Å². The van der Waals surface area contributed by atoms with Gasteiger partial charge in [0.15, 0.2) is 5.82 Å². The zero-order chi connectivity index (χ0) is 12.5. The molecule has 2 rings (SSSR count). The molecule has 6 heteroatoms. The highest BCUT2D eigenvalue weighted by molar-refractivity contribution is 6.35. The van der Waals surface area contributed by atoms with Gasteiger partial charge in [0.1, 0.15) is 17.2 Å². The van der Waals surface area contributed by atoms with E-state index < -0.39 is 5.60 Å². The van der Waals surface area contributed by atoms with E-state index in [0.29, 0.717) is 17.4 Å². The Labute approximate surface area is 106 Å². The van der Waals surface area contributed by atoms with E-state index in [1.54, 1.807) is 0 Å². The molecule has 0 unspecified atom stereocenters. The van der Waals surface area contributed by atoms with Crippen molar-refractivity contribution in [1.29, 1.82) is 0 Å². The summed E-state index contributed by atoms with van der Waals surface area (Å²) in [6.07, 6.45) is 5.19. The summed E-state index contributed by atoms with van der Waals surface area (Å²) in [4.78, 5) is 9.76. The van der Waals surface area contributed by atoms with Gasteiger partial charge in [-0.1, -0.05) is 24.4 Å². The number of aliphatic hydroxyl groups is 1. The van der Waals surface area contributed by atoms with E-state index in [1.165, 1.54) is 6.33 Å². The van der Waals surface area contributed by atoms with Crippen LogP contribution in [0.2, 0.25) is 5.02 Å². The van der Waals surface area contributed by atoms with Crippen molar-refractivity contribution in [2.45, 2.75) is 31.3 Å². The van der Waals surface area contributed by atoms with E-state index in [1.807, 2.05) is 11.9 Å². The van der Waals surface area contributed by atoms with Gasteiger partial charge < -0.3 is 15.7 Å². The van der Waals surface area contributed by atoms with Crippen LogP contribution in [0.4, 0.5) is 11.6 Å². The number of hydrogen-bond acceptors (Lipinski definition) is 5. The molecule has 0 atom stereocenters. The fraction of sp³-hybridized carbons (Fsp3) is 0.636. The number of nitrogen functional groups attached to an aromatic ring is 1. The third kappa shape index (κ3) is 2.61. The van der Waals surface area contributed by atoms with Gasteiger partial charge in [0.25, 0.3) is 0 Å². The monoisotopic (exact) mass is 256 g/mol. The number of aromatic nitrogens is 2. The minimum absolute atomic E-state index is 0.266. The summed E-state index contributed by atoms with van der Waals surface area (Å²) in [7, 11) is 1.85. The maximum absolute atomic E-state index is 10.3. The van der Waals surface area contributed by atoms with E-state index >= 15 is 0 Å². The second-order valence-corrected chi connectivity index (χ2v) is 5.06. The molecule has 0 radical (unpaired) electrons. The molecule has 1 aromatic heterocycles. The van der Waals surface area contributed by atoms with E-state index in [0.717, 1.165) is 25.7 Å². The average molecular weight is 257 g/mol. The standard InChI is InChI=1S/C11H17ClN4O/c1-16(6-11(17)4-2-3-5-11)10-8(12)9(13)14-7-15-10/h7,17H,2-6H2,1H3,(H2,13,14,15). The fourth-order valence-electron chi connectivity index (χ4n) is 2.35. The van der Waals surface area contributed by atoms with E-state index in [9.17, 15) is 5.11 Å². The van der Waals surface area contributed by atoms with Crippen molar-refractivity contribution >= 4 is 23.2 Å². The predicted molar refractivity (Wildman–Crippen MR) is 68.1 cm³/mol. The molecule has 0 spiro atoms. The number of hydrogen-bond donors (Lipinski definition) is 2. The lowest BCUT2D eigenvalue weighted by molar-refractivity contribution is 0.0558. The number of halogens is 1. The van der Waals surface area contributed by atoms with Crippen LogP contribution in [0.15, 0.2) is 6.33 Å². The second-order valence-electron chi connectivity index (χ2n) is 4.68. The highest BCUT2D eigenvalue weighted by Crippen LogP contribution is 2.33. The summed E-state index contributed by atoms with van der Waals surface area (Å²) in [6.45, 7) is 0.517. The van der Waals surface area contributed by atoms with Gasteiger partial charge in [-0.05, 0) is 12.8 Å². The Morgan fingerprint density at radius 3 is 2.76 bits per heavy atom. The van der Waals surface area contributed by atoms with E-state index in [-0.39, 0.29) is 5.82 Å². The second kappa shape index (κ2) is 4.66.